The van der Waals surface area contributed by atoms with Crippen LogP contribution >= 0.6 is 34.3 Å². The third kappa shape index (κ3) is 5.85. The lowest BCUT2D eigenvalue weighted by Crippen LogP contribution is -2.21. The van der Waals surface area contributed by atoms with Gasteiger partial charge in [0.2, 0.25) is 0 Å². The molecular formula is C30H25ClN4O5S2. The molecule has 9 nitrogen and oxygen atoms in total. The molecule has 0 atom stereocenters. The summed E-state index contributed by atoms with van der Waals surface area (Å²) in [5, 5.41) is 6.62. The maximum atomic E-state index is 13.5. The number of aromatic nitrogens is 2. The van der Waals surface area contributed by atoms with Gasteiger partial charge in [0.15, 0.2) is 0 Å². The number of hydrogen-bond acceptors (Lipinski definition) is 8. The maximum absolute atomic E-state index is 13.5. The summed E-state index contributed by atoms with van der Waals surface area (Å²) >= 11 is 7.99. The van der Waals surface area contributed by atoms with Crippen LogP contribution in [0.15, 0.2) is 65.7 Å². The highest BCUT2D eigenvalue weighted by molar-refractivity contribution is 7.21. The van der Waals surface area contributed by atoms with Gasteiger partial charge in [-0.25, -0.2) is 9.78 Å². The summed E-state index contributed by atoms with van der Waals surface area (Å²) in [6.45, 7) is 5.45. The zero-order chi connectivity index (χ0) is 30.0. The number of nitrogens with zero attached hydrogens (tertiary/aromatic N) is 2. The predicted octanol–water partition coefficient (Wildman–Crippen LogP) is 6.52. The Balaban J connectivity index is 1.47. The van der Waals surface area contributed by atoms with Crippen molar-refractivity contribution >= 4 is 73.0 Å². The molecule has 5 aromatic rings. The van der Waals surface area contributed by atoms with Gasteiger partial charge in [0.1, 0.15) is 9.83 Å². The molecule has 5 rings (SSSR count). The van der Waals surface area contributed by atoms with E-state index < -0.39 is 17.8 Å². The topological polar surface area (TPSA) is 119 Å². The summed E-state index contributed by atoms with van der Waals surface area (Å²) in [5.41, 5.74) is 2.17. The number of nitrogens with one attached hydrogen (secondary N) is 2. The molecule has 0 unspecified atom stereocenters. The molecule has 3 heterocycles. The van der Waals surface area contributed by atoms with Crippen molar-refractivity contribution in [2.24, 2.45) is 0 Å². The van der Waals surface area contributed by atoms with Gasteiger partial charge in [-0.1, -0.05) is 41.9 Å². The van der Waals surface area contributed by atoms with E-state index in [1.165, 1.54) is 10.9 Å². The van der Waals surface area contributed by atoms with E-state index in [1.807, 2.05) is 30.3 Å². The van der Waals surface area contributed by atoms with E-state index in [0.717, 1.165) is 28.2 Å². The third-order valence-corrected chi connectivity index (χ3v) is 9.14. The van der Waals surface area contributed by atoms with Crippen molar-refractivity contribution in [3.63, 3.8) is 0 Å². The Bertz CT molecular complexity index is 1880. The highest BCUT2D eigenvalue weighted by atomic mass is 35.5. The number of carbonyl (C=O) groups is 3. The van der Waals surface area contributed by atoms with Crippen molar-refractivity contribution < 1.29 is 19.1 Å². The highest BCUT2D eigenvalue weighted by Crippen LogP contribution is 2.36. The summed E-state index contributed by atoms with van der Waals surface area (Å²) in [6, 6.07) is 16.1. The average molecular weight is 621 g/mol. The smallest absolute Gasteiger partial charge is 0.341 e. The first-order valence-electron chi connectivity index (χ1n) is 12.9. The largest absolute Gasteiger partial charge is 0.462 e. The minimum absolute atomic E-state index is 0.0959. The van der Waals surface area contributed by atoms with Crippen molar-refractivity contribution in [3.8, 4) is 0 Å². The molecule has 3 aromatic heterocycles. The van der Waals surface area contributed by atoms with Crippen molar-refractivity contribution in [3.05, 3.63) is 108 Å². The van der Waals surface area contributed by atoms with Crippen LogP contribution in [0.2, 0.25) is 5.02 Å². The normalized spacial score (nSPS) is 11.0. The average Bonchev–Trinajstić information content (AvgIpc) is 3.48. The Morgan fingerprint density at radius 1 is 0.929 bits per heavy atom. The number of anilines is 2. The minimum Gasteiger partial charge on any atom is -0.462 e. The second kappa shape index (κ2) is 12.3. The maximum Gasteiger partial charge on any atom is 0.341 e. The zero-order valence-electron chi connectivity index (χ0n) is 22.8. The fraction of sp³-hybridized carbons (Fsp3) is 0.167. The molecule has 2 amide bonds. The highest BCUT2D eigenvalue weighted by Gasteiger charge is 2.28. The number of rotatable bonds is 8. The number of thiophene rings is 2. The number of carbonyl (C=O) groups excluding carboxylic acids is 3. The number of halogens is 1. The van der Waals surface area contributed by atoms with Crippen LogP contribution in [0.4, 0.5) is 10.7 Å². The lowest BCUT2D eigenvalue weighted by atomic mass is 10.1. The molecule has 0 aliphatic carbocycles. The van der Waals surface area contributed by atoms with Gasteiger partial charge in [0.25, 0.3) is 17.4 Å². The van der Waals surface area contributed by atoms with E-state index in [9.17, 15) is 19.2 Å². The number of esters is 1. The molecule has 0 saturated heterocycles. The molecule has 0 fully saturated rings. The molecule has 0 bridgehead atoms. The van der Waals surface area contributed by atoms with Crippen LogP contribution in [0, 0.1) is 13.8 Å². The molecule has 0 radical (unpaired) electrons. The van der Waals surface area contributed by atoms with Crippen LogP contribution in [0.5, 0.6) is 0 Å². The number of amides is 2. The van der Waals surface area contributed by atoms with E-state index in [0.29, 0.717) is 38.6 Å². The summed E-state index contributed by atoms with van der Waals surface area (Å²) in [5.74, 6) is -1.64. The predicted molar refractivity (Wildman–Crippen MR) is 167 cm³/mol. The van der Waals surface area contributed by atoms with Crippen LogP contribution in [0.1, 0.15) is 53.3 Å². The Morgan fingerprint density at radius 3 is 2.29 bits per heavy atom. The van der Waals surface area contributed by atoms with Crippen LogP contribution in [-0.2, 0) is 11.3 Å². The van der Waals surface area contributed by atoms with Crippen molar-refractivity contribution in [1.29, 1.82) is 0 Å². The molecule has 0 aliphatic heterocycles. The minimum atomic E-state index is -0.661. The fourth-order valence-corrected chi connectivity index (χ4v) is 6.66. The second-order valence-corrected chi connectivity index (χ2v) is 11.8. The summed E-state index contributed by atoms with van der Waals surface area (Å²) in [6.07, 6.45) is 1.47. The molecule has 0 aliphatic rings. The van der Waals surface area contributed by atoms with E-state index in [-0.39, 0.29) is 32.5 Å². The first kappa shape index (κ1) is 29.2. The van der Waals surface area contributed by atoms with Crippen LogP contribution in [0.25, 0.3) is 10.2 Å². The first-order chi connectivity index (χ1) is 20.2. The molecule has 2 N–H and O–H groups in total. The van der Waals surface area contributed by atoms with Gasteiger partial charge in [-0.05, 0) is 61.7 Å². The molecule has 0 spiro atoms. The molecule has 214 valence electrons. The number of aryl methyl sites for hydroxylation is 1. The van der Waals surface area contributed by atoms with Crippen molar-refractivity contribution in [2.75, 3.05) is 17.2 Å². The lowest BCUT2D eigenvalue weighted by Gasteiger charge is -2.07. The van der Waals surface area contributed by atoms with Gasteiger partial charge >= 0.3 is 5.97 Å². The number of ether oxygens (including phenoxy) is 1. The van der Waals surface area contributed by atoms with E-state index >= 15 is 0 Å². The molecule has 42 heavy (non-hydrogen) atoms. The quantitative estimate of drug-likeness (QED) is 0.191. The zero-order valence-corrected chi connectivity index (χ0v) is 25.2. The fourth-order valence-electron chi connectivity index (χ4n) is 4.42. The van der Waals surface area contributed by atoms with Crippen LogP contribution in [-0.4, -0.2) is 33.9 Å². The van der Waals surface area contributed by atoms with E-state index in [2.05, 4.69) is 15.6 Å². The van der Waals surface area contributed by atoms with Gasteiger partial charge in [-0.15, -0.1) is 22.7 Å². The van der Waals surface area contributed by atoms with Crippen LogP contribution in [0.3, 0.4) is 0 Å². The lowest BCUT2D eigenvalue weighted by molar-refractivity contribution is 0.0527. The summed E-state index contributed by atoms with van der Waals surface area (Å²) < 4.78 is 6.74. The monoisotopic (exact) mass is 620 g/mol. The molecule has 0 saturated carbocycles. The van der Waals surface area contributed by atoms with Gasteiger partial charge in [-0.3, -0.25) is 19.0 Å². The number of fused-ring (bicyclic) bond motifs is 1. The standard InChI is InChI=1S/C30H25ClN4O5S2/c1-4-40-30(39)22-17(3)24(25(36)33-20-12-10-19(31)11-13-20)42-28(22)34-26(37)23-16(2)21-27(41-23)32-15-35(29(21)38)14-18-8-6-5-7-9-18/h5-13,15H,4,14H2,1-3H3,(H,33,36)(H,34,37). The first-order valence-corrected chi connectivity index (χ1v) is 14.9. The van der Waals surface area contributed by atoms with Crippen molar-refractivity contribution in [2.45, 2.75) is 27.3 Å². The van der Waals surface area contributed by atoms with Gasteiger partial charge in [-0.2, -0.15) is 0 Å². The molecule has 12 heteroatoms. The van der Waals surface area contributed by atoms with Gasteiger partial charge in [0.05, 0.1) is 40.2 Å². The van der Waals surface area contributed by atoms with Crippen molar-refractivity contribution in [1.82, 2.24) is 9.55 Å². The Kier molecular flexibility index (Phi) is 8.53. The number of benzene rings is 2. The Labute approximate surface area is 253 Å². The number of hydrogen-bond donors (Lipinski definition) is 2. The van der Waals surface area contributed by atoms with Gasteiger partial charge in [0, 0.05) is 10.7 Å². The Morgan fingerprint density at radius 2 is 1.60 bits per heavy atom. The Hall–Kier alpha value is -4.32. The van der Waals surface area contributed by atoms with Crippen LogP contribution < -0.4 is 16.2 Å². The van der Waals surface area contributed by atoms with E-state index in [4.69, 9.17) is 16.3 Å². The molecule has 2 aromatic carbocycles. The third-order valence-electron chi connectivity index (χ3n) is 6.48. The summed E-state index contributed by atoms with van der Waals surface area (Å²) in [4.78, 5) is 58.3. The van der Waals surface area contributed by atoms with Gasteiger partial charge < -0.3 is 15.4 Å². The SMILES string of the molecule is CCOC(=O)c1c(NC(=O)c2sc3ncn(Cc4ccccc4)c(=O)c3c2C)sc(C(=O)Nc2ccc(Cl)cc2)c1C. The second-order valence-electron chi connectivity index (χ2n) is 9.30. The molecular weight excluding hydrogens is 596 g/mol. The summed E-state index contributed by atoms with van der Waals surface area (Å²) in [7, 11) is 0. The van der Waals surface area contributed by atoms with E-state index in [1.54, 1.807) is 45.0 Å².